The normalized spacial score (nSPS) is 21.1. The quantitative estimate of drug-likeness (QED) is 0.485. The number of rotatable bonds is 7. The molecule has 1 aromatic carbocycles. The van der Waals surface area contributed by atoms with Gasteiger partial charge in [-0.05, 0) is 45.7 Å². The van der Waals surface area contributed by atoms with Crippen LogP contribution in [0.4, 0.5) is 24.1 Å². The van der Waals surface area contributed by atoms with E-state index < -0.39 is 46.7 Å². The second-order valence-electron chi connectivity index (χ2n) is 10.2. The lowest BCUT2D eigenvalue weighted by molar-refractivity contribution is -0.136. The number of carbonyl (C=O) groups is 4. The average Bonchev–Trinajstić information content (AvgIpc) is 3.06. The molecule has 0 spiro atoms. The molecule has 5 amide bonds. The molecule has 0 saturated carbocycles. The van der Waals surface area contributed by atoms with Gasteiger partial charge in [-0.3, -0.25) is 14.9 Å². The Hall–Kier alpha value is -3.44. The largest absolute Gasteiger partial charge is 0.444 e. The molecule has 0 bridgehead atoms. The maximum absolute atomic E-state index is 13.6. The summed E-state index contributed by atoms with van der Waals surface area (Å²) in [6.45, 7) is 8.53. The Kier molecular flexibility index (Phi) is 8.05. The third-order valence-corrected chi connectivity index (χ3v) is 6.17. The average molecular weight is 510 g/mol. The molecule has 0 radical (unpaired) electrons. The number of anilines is 1. The van der Waals surface area contributed by atoms with E-state index in [9.17, 15) is 28.0 Å². The molecule has 36 heavy (non-hydrogen) atoms. The van der Waals surface area contributed by atoms with Crippen LogP contribution >= 0.6 is 0 Å². The van der Waals surface area contributed by atoms with Gasteiger partial charge in [0.05, 0.1) is 0 Å². The fourth-order valence-electron chi connectivity index (χ4n) is 4.43. The summed E-state index contributed by atoms with van der Waals surface area (Å²) in [6, 6.07) is 3.04. The van der Waals surface area contributed by atoms with Crippen LogP contribution in [0.15, 0.2) is 18.2 Å². The van der Waals surface area contributed by atoms with Crippen LogP contribution in [0.2, 0.25) is 0 Å². The number of benzene rings is 1. The molecule has 2 aliphatic rings. The molecule has 2 heterocycles. The Morgan fingerprint density at radius 2 is 1.81 bits per heavy atom. The van der Waals surface area contributed by atoms with Gasteiger partial charge in [-0.2, -0.15) is 0 Å². The van der Waals surface area contributed by atoms with Gasteiger partial charge in [-0.1, -0.05) is 6.92 Å². The number of urea groups is 1. The molecule has 12 heteroatoms. The Balaban J connectivity index is 1.58. The lowest BCUT2D eigenvalue weighted by Crippen LogP contribution is -2.54. The van der Waals surface area contributed by atoms with Crippen LogP contribution < -0.4 is 20.9 Å². The Morgan fingerprint density at radius 3 is 2.36 bits per heavy atom. The molecule has 2 aliphatic heterocycles. The number of nitrogens with zero attached hydrogens (tertiary/aromatic N) is 2. The highest BCUT2D eigenvalue weighted by molar-refractivity contribution is 6.07. The molecule has 0 aliphatic carbocycles. The van der Waals surface area contributed by atoms with E-state index in [1.165, 1.54) is 6.07 Å². The summed E-state index contributed by atoms with van der Waals surface area (Å²) in [5.74, 6) is -3.19. The van der Waals surface area contributed by atoms with Gasteiger partial charge < -0.3 is 25.2 Å². The van der Waals surface area contributed by atoms with E-state index in [0.29, 0.717) is 31.9 Å². The van der Waals surface area contributed by atoms with Crippen molar-refractivity contribution in [2.45, 2.75) is 51.7 Å². The first-order chi connectivity index (χ1) is 16.8. The highest BCUT2D eigenvalue weighted by Crippen LogP contribution is 2.27. The zero-order valence-electron chi connectivity index (χ0n) is 21.0. The summed E-state index contributed by atoms with van der Waals surface area (Å²) in [7, 11) is 0. The number of alkyl carbamates (subject to hydrolysis) is 1. The third kappa shape index (κ3) is 6.61. The number of imide groups is 1. The zero-order valence-corrected chi connectivity index (χ0v) is 21.0. The van der Waals surface area contributed by atoms with Crippen LogP contribution in [0.5, 0.6) is 0 Å². The van der Waals surface area contributed by atoms with Crippen LogP contribution in [0.25, 0.3) is 0 Å². The van der Waals surface area contributed by atoms with Crippen molar-refractivity contribution < 1.29 is 32.7 Å². The van der Waals surface area contributed by atoms with Gasteiger partial charge in [0.1, 0.15) is 11.1 Å². The Labute approximate surface area is 208 Å². The molecule has 198 valence electrons. The molecule has 0 unspecified atom stereocenters. The SMILES string of the molecule is C[C@H](C[C@]1(CCNC(=O)OC(C)(C)C)NC(=O)NC1=O)C(=O)N1CCN(c2ccc(F)c(F)c2)CC1. The lowest BCUT2D eigenvalue weighted by atomic mass is 9.84. The first-order valence-corrected chi connectivity index (χ1v) is 11.9. The lowest BCUT2D eigenvalue weighted by Gasteiger charge is -2.38. The minimum absolute atomic E-state index is 0.0444. The summed E-state index contributed by atoms with van der Waals surface area (Å²) in [4.78, 5) is 53.2. The van der Waals surface area contributed by atoms with Gasteiger partial charge in [0.15, 0.2) is 11.6 Å². The van der Waals surface area contributed by atoms with Crippen LogP contribution in [-0.2, 0) is 14.3 Å². The minimum atomic E-state index is -1.35. The van der Waals surface area contributed by atoms with E-state index in [1.54, 1.807) is 32.6 Å². The van der Waals surface area contributed by atoms with Gasteiger partial charge in [0.2, 0.25) is 5.91 Å². The number of hydrogen-bond donors (Lipinski definition) is 3. The molecule has 2 saturated heterocycles. The summed E-state index contributed by atoms with van der Waals surface area (Å²) < 4.78 is 32.0. The number of carbonyl (C=O) groups excluding carboxylic acids is 4. The zero-order chi connectivity index (χ0) is 26.7. The van der Waals surface area contributed by atoms with Crippen molar-refractivity contribution in [2.24, 2.45) is 5.92 Å². The summed E-state index contributed by atoms with van der Waals surface area (Å²) in [6.07, 6.45) is -0.529. The Morgan fingerprint density at radius 1 is 1.14 bits per heavy atom. The number of hydrogen-bond acceptors (Lipinski definition) is 6. The summed E-state index contributed by atoms with van der Waals surface area (Å²) in [5.41, 5.74) is -1.50. The third-order valence-electron chi connectivity index (χ3n) is 6.17. The maximum Gasteiger partial charge on any atom is 0.407 e. The van der Waals surface area contributed by atoms with E-state index in [-0.39, 0.29) is 25.3 Å². The molecule has 2 fully saturated rings. The first kappa shape index (κ1) is 27.2. The molecule has 10 nitrogen and oxygen atoms in total. The van der Waals surface area contributed by atoms with Crippen LogP contribution in [-0.4, -0.2) is 72.7 Å². The van der Waals surface area contributed by atoms with Crippen LogP contribution in [0.1, 0.15) is 40.5 Å². The van der Waals surface area contributed by atoms with Crippen molar-refractivity contribution in [2.75, 3.05) is 37.6 Å². The monoisotopic (exact) mass is 509 g/mol. The maximum atomic E-state index is 13.6. The predicted octanol–water partition coefficient (Wildman–Crippen LogP) is 2.13. The number of amides is 5. The highest BCUT2D eigenvalue weighted by atomic mass is 19.2. The predicted molar refractivity (Wildman–Crippen MR) is 127 cm³/mol. The molecular formula is C24H33F2N5O5. The van der Waals surface area contributed by atoms with Gasteiger partial charge in [0.25, 0.3) is 5.91 Å². The van der Waals surface area contributed by atoms with E-state index in [2.05, 4.69) is 16.0 Å². The van der Waals surface area contributed by atoms with Crippen molar-refractivity contribution in [1.29, 1.82) is 0 Å². The molecule has 2 atom stereocenters. The second-order valence-corrected chi connectivity index (χ2v) is 10.2. The second kappa shape index (κ2) is 10.7. The van der Waals surface area contributed by atoms with Crippen molar-refractivity contribution in [3.8, 4) is 0 Å². The number of ether oxygens (including phenoxy) is 1. The number of nitrogens with one attached hydrogen (secondary N) is 3. The summed E-state index contributed by atoms with van der Waals surface area (Å²) in [5, 5.41) is 7.42. The van der Waals surface area contributed by atoms with Gasteiger partial charge in [0, 0.05) is 50.4 Å². The van der Waals surface area contributed by atoms with Crippen LogP contribution in [0, 0.1) is 17.6 Å². The fourth-order valence-corrected chi connectivity index (χ4v) is 4.43. The molecule has 3 rings (SSSR count). The summed E-state index contributed by atoms with van der Waals surface area (Å²) >= 11 is 0. The Bertz CT molecular complexity index is 1020. The van der Waals surface area contributed by atoms with E-state index in [0.717, 1.165) is 12.1 Å². The van der Waals surface area contributed by atoms with E-state index in [4.69, 9.17) is 4.74 Å². The minimum Gasteiger partial charge on any atom is -0.444 e. The van der Waals surface area contributed by atoms with Gasteiger partial charge in [-0.15, -0.1) is 0 Å². The fraction of sp³-hybridized carbons (Fsp3) is 0.583. The van der Waals surface area contributed by atoms with Crippen LogP contribution in [0.3, 0.4) is 0 Å². The molecular weight excluding hydrogens is 476 g/mol. The van der Waals surface area contributed by atoms with E-state index >= 15 is 0 Å². The van der Waals surface area contributed by atoms with Crippen molar-refractivity contribution >= 4 is 29.6 Å². The van der Waals surface area contributed by atoms with Gasteiger partial charge in [-0.25, -0.2) is 18.4 Å². The highest BCUT2D eigenvalue weighted by Gasteiger charge is 2.47. The number of piperazine rings is 1. The molecule has 0 aromatic heterocycles. The topological polar surface area (TPSA) is 120 Å². The van der Waals surface area contributed by atoms with E-state index in [1.807, 2.05) is 4.90 Å². The van der Waals surface area contributed by atoms with Crippen molar-refractivity contribution in [3.05, 3.63) is 29.8 Å². The smallest absolute Gasteiger partial charge is 0.407 e. The number of halogens is 2. The molecule has 3 N–H and O–H groups in total. The standard InChI is InChI=1S/C24H33F2N5O5/c1-15(19(32)31-11-9-30(10-12-31)16-5-6-17(25)18(26)13-16)14-24(20(33)28-21(34)29-24)7-8-27-22(35)36-23(2,3)4/h5-6,13,15H,7-12,14H2,1-4H3,(H,27,35)(H2,28,29,33,34)/t15-,24+/m1/s1. The van der Waals surface area contributed by atoms with Crippen molar-refractivity contribution in [3.63, 3.8) is 0 Å². The molecule has 1 aromatic rings. The van der Waals surface area contributed by atoms with Crippen molar-refractivity contribution in [1.82, 2.24) is 20.9 Å². The first-order valence-electron chi connectivity index (χ1n) is 11.9. The van der Waals surface area contributed by atoms with Gasteiger partial charge >= 0.3 is 12.1 Å².